The van der Waals surface area contributed by atoms with E-state index in [-0.39, 0.29) is 5.75 Å². The molecule has 0 radical (unpaired) electrons. The van der Waals surface area contributed by atoms with E-state index < -0.39 is 9.84 Å². The summed E-state index contributed by atoms with van der Waals surface area (Å²) in [6.07, 6.45) is 6.11. The van der Waals surface area contributed by atoms with E-state index in [4.69, 9.17) is 0 Å². The van der Waals surface area contributed by atoms with Crippen LogP contribution >= 0.6 is 0 Å². The Hall–Kier alpha value is -1.56. The summed E-state index contributed by atoms with van der Waals surface area (Å²) in [4.78, 5) is 4.63. The molecule has 2 N–H and O–H groups in total. The van der Waals surface area contributed by atoms with Crippen LogP contribution in [0, 0.1) is 0 Å². The lowest BCUT2D eigenvalue weighted by Crippen LogP contribution is -2.42. The predicted octanol–water partition coefficient (Wildman–Crippen LogP) is 3.26. The van der Waals surface area contributed by atoms with Crippen LogP contribution in [0.5, 0.6) is 0 Å². The van der Waals surface area contributed by atoms with Crippen LogP contribution in [0.4, 0.5) is 0 Å². The standard InChI is InChI=1S/C19H33N3O2S/c1-5-7-8-9-16(3)22-19(20-6-2)21-14-17-10-12-18(13-11-17)15-25(4,23)24/h10-13,16H,5-9,14-15H2,1-4H3,(H2,20,21,22). The van der Waals surface area contributed by atoms with Gasteiger partial charge in [-0.1, -0.05) is 50.5 Å². The summed E-state index contributed by atoms with van der Waals surface area (Å²) in [5.41, 5.74) is 1.87. The van der Waals surface area contributed by atoms with Crippen LogP contribution < -0.4 is 10.6 Å². The SMILES string of the molecule is CCCCCC(C)NC(=NCc1ccc(CS(C)(=O)=O)cc1)NCC. The largest absolute Gasteiger partial charge is 0.357 e. The Morgan fingerprint density at radius 2 is 1.76 bits per heavy atom. The summed E-state index contributed by atoms with van der Waals surface area (Å²) in [5, 5.41) is 6.73. The topological polar surface area (TPSA) is 70.6 Å². The molecule has 0 aromatic heterocycles. The molecule has 5 nitrogen and oxygen atoms in total. The monoisotopic (exact) mass is 367 g/mol. The van der Waals surface area contributed by atoms with Crippen molar-refractivity contribution in [2.45, 2.75) is 64.8 Å². The van der Waals surface area contributed by atoms with Gasteiger partial charge in [0.05, 0.1) is 12.3 Å². The molecule has 25 heavy (non-hydrogen) atoms. The third kappa shape index (κ3) is 10.1. The fourth-order valence-corrected chi connectivity index (χ4v) is 3.34. The first-order valence-corrected chi connectivity index (χ1v) is 11.2. The van der Waals surface area contributed by atoms with Crippen LogP contribution in [0.3, 0.4) is 0 Å². The second-order valence-corrected chi connectivity index (χ2v) is 8.76. The van der Waals surface area contributed by atoms with E-state index in [1.165, 1.54) is 25.5 Å². The summed E-state index contributed by atoms with van der Waals surface area (Å²) in [5.74, 6) is 0.905. The molecule has 0 amide bonds. The molecular weight excluding hydrogens is 334 g/mol. The van der Waals surface area contributed by atoms with Crippen LogP contribution in [-0.4, -0.2) is 33.2 Å². The lowest BCUT2D eigenvalue weighted by atomic mass is 10.1. The molecule has 1 aromatic carbocycles. The van der Waals surface area contributed by atoms with Crippen LogP contribution in [0.15, 0.2) is 29.3 Å². The molecular formula is C19H33N3O2S. The lowest BCUT2D eigenvalue weighted by molar-refractivity contribution is 0.547. The first-order valence-electron chi connectivity index (χ1n) is 9.14. The quantitative estimate of drug-likeness (QED) is 0.378. The van der Waals surface area contributed by atoms with Crippen LogP contribution in [0.2, 0.25) is 0 Å². The van der Waals surface area contributed by atoms with E-state index in [1.807, 2.05) is 24.3 Å². The van der Waals surface area contributed by atoms with Gasteiger partial charge in [0.2, 0.25) is 0 Å². The summed E-state index contributed by atoms with van der Waals surface area (Å²) in [7, 11) is -2.99. The van der Waals surface area contributed by atoms with Crippen LogP contribution in [0.25, 0.3) is 0 Å². The van der Waals surface area contributed by atoms with Gasteiger partial charge >= 0.3 is 0 Å². The number of hydrogen-bond donors (Lipinski definition) is 2. The van der Waals surface area contributed by atoms with E-state index in [1.54, 1.807) is 0 Å². The molecule has 1 aromatic rings. The fraction of sp³-hybridized carbons (Fsp3) is 0.632. The molecule has 0 aliphatic carbocycles. The molecule has 0 bridgehead atoms. The summed E-state index contributed by atoms with van der Waals surface area (Å²) >= 11 is 0. The Kier molecular flexibility index (Phi) is 9.57. The van der Waals surface area contributed by atoms with Gasteiger partial charge in [-0.3, -0.25) is 0 Å². The van der Waals surface area contributed by atoms with Crippen molar-refractivity contribution >= 4 is 15.8 Å². The van der Waals surface area contributed by atoms with Gasteiger partial charge in [0.25, 0.3) is 0 Å². The van der Waals surface area contributed by atoms with E-state index in [9.17, 15) is 8.42 Å². The normalized spacial score (nSPS) is 13.5. The molecule has 142 valence electrons. The Labute approximate surface area is 153 Å². The lowest BCUT2D eigenvalue weighted by Gasteiger charge is -2.17. The third-order valence-electron chi connectivity index (χ3n) is 3.84. The average molecular weight is 368 g/mol. The number of guanidine groups is 1. The maximum atomic E-state index is 11.3. The number of hydrogen-bond acceptors (Lipinski definition) is 3. The Bertz CT molecular complexity index is 625. The average Bonchev–Trinajstić information content (AvgIpc) is 2.53. The van der Waals surface area contributed by atoms with E-state index in [0.717, 1.165) is 30.1 Å². The highest BCUT2D eigenvalue weighted by Crippen LogP contribution is 2.09. The van der Waals surface area contributed by atoms with Crippen molar-refractivity contribution < 1.29 is 8.42 Å². The van der Waals surface area contributed by atoms with Gasteiger partial charge in [0, 0.05) is 18.8 Å². The van der Waals surface area contributed by atoms with E-state index >= 15 is 0 Å². The first kappa shape index (κ1) is 21.5. The number of nitrogens with zero attached hydrogens (tertiary/aromatic N) is 1. The number of nitrogens with one attached hydrogen (secondary N) is 2. The number of sulfone groups is 1. The second kappa shape index (κ2) is 11.1. The molecule has 0 fully saturated rings. The predicted molar refractivity (Wildman–Crippen MR) is 107 cm³/mol. The summed E-state index contributed by atoms with van der Waals surface area (Å²) in [6.45, 7) is 7.84. The maximum Gasteiger partial charge on any atom is 0.191 e. The summed E-state index contributed by atoms with van der Waals surface area (Å²) < 4.78 is 22.7. The van der Waals surface area contributed by atoms with Crippen molar-refractivity contribution in [1.82, 2.24) is 10.6 Å². The molecule has 0 aliphatic rings. The highest BCUT2D eigenvalue weighted by Gasteiger charge is 2.06. The van der Waals surface area contributed by atoms with Gasteiger partial charge < -0.3 is 10.6 Å². The molecule has 0 aliphatic heterocycles. The minimum absolute atomic E-state index is 0.0794. The highest BCUT2D eigenvalue weighted by molar-refractivity contribution is 7.89. The number of unbranched alkanes of at least 4 members (excludes halogenated alkanes) is 2. The van der Waals surface area contributed by atoms with Gasteiger partial charge in [0.1, 0.15) is 0 Å². The van der Waals surface area contributed by atoms with Crippen molar-refractivity contribution in [1.29, 1.82) is 0 Å². The Morgan fingerprint density at radius 3 is 2.32 bits per heavy atom. The van der Waals surface area contributed by atoms with Crippen molar-refractivity contribution in [2.75, 3.05) is 12.8 Å². The number of benzene rings is 1. The zero-order valence-electron chi connectivity index (χ0n) is 16.0. The zero-order valence-corrected chi connectivity index (χ0v) is 16.8. The van der Waals surface area contributed by atoms with E-state index in [0.29, 0.717) is 12.6 Å². The van der Waals surface area contributed by atoms with Crippen molar-refractivity contribution in [2.24, 2.45) is 4.99 Å². The second-order valence-electron chi connectivity index (χ2n) is 6.62. The van der Waals surface area contributed by atoms with Crippen LogP contribution in [0.1, 0.15) is 57.6 Å². The molecule has 1 rings (SSSR count). The molecule has 0 saturated carbocycles. The minimum atomic E-state index is -2.99. The molecule has 1 unspecified atom stereocenters. The molecule has 1 atom stereocenters. The van der Waals surface area contributed by atoms with Gasteiger partial charge in [-0.05, 0) is 31.4 Å². The van der Waals surface area contributed by atoms with Crippen LogP contribution in [-0.2, 0) is 22.1 Å². The molecule has 0 heterocycles. The van der Waals surface area contributed by atoms with E-state index in [2.05, 4.69) is 36.4 Å². The number of aliphatic imine (C=N–C) groups is 1. The van der Waals surface area contributed by atoms with Gasteiger partial charge in [0.15, 0.2) is 15.8 Å². The minimum Gasteiger partial charge on any atom is -0.357 e. The number of rotatable bonds is 10. The Morgan fingerprint density at radius 1 is 1.12 bits per heavy atom. The molecule has 6 heteroatoms. The fourth-order valence-electron chi connectivity index (χ4n) is 2.54. The maximum absolute atomic E-state index is 11.3. The van der Waals surface area contributed by atoms with Gasteiger partial charge in [-0.2, -0.15) is 0 Å². The highest BCUT2D eigenvalue weighted by atomic mass is 32.2. The van der Waals surface area contributed by atoms with Crippen molar-refractivity contribution in [3.05, 3.63) is 35.4 Å². The van der Waals surface area contributed by atoms with Crippen molar-refractivity contribution in [3.63, 3.8) is 0 Å². The van der Waals surface area contributed by atoms with Crippen molar-refractivity contribution in [3.8, 4) is 0 Å². The first-order chi connectivity index (χ1) is 11.8. The smallest absolute Gasteiger partial charge is 0.191 e. The van der Waals surface area contributed by atoms with Gasteiger partial charge in [-0.15, -0.1) is 0 Å². The molecule has 0 saturated heterocycles. The van der Waals surface area contributed by atoms with Gasteiger partial charge in [-0.25, -0.2) is 13.4 Å². The summed E-state index contributed by atoms with van der Waals surface area (Å²) in [6, 6.07) is 8.00. The molecule has 0 spiro atoms. The Balaban J connectivity index is 2.61. The third-order valence-corrected chi connectivity index (χ3v) is 4.70. The zero-order chi connectivity index (χ0) is 18.7.